The highest BCUT2D eigenvalue weighted by atomic mass is 16.5. The Hall–Kier alpha value is -1.10. The summed E-state index contributed by atoms with van der Waals surface area (Å²) >= 11 is 0. The molecule has 0 spiro atoms. The first-order chi connectivity index (χ1) is 10.0. The number of nitrogens with one attached hydrogen (secondary N) is 1. The second kappa shape index (κ2) is 7.25. The van der Waals surface area contributed by atoms with Crippen molar-refractivity contribution in [3.05, 3.63) is 29.8 Å². The summed E-state index contributed by atoms with van der Waals surface area (Å²) in [5.41, 5.74) is 1.54. The van der Waals surface area contributed by atoms with Gasteiger partial charge in [0, 0.05) is 38.3 Å². The van der Waals surface area contributed by atoms with Gasteiger partial charge in [0.1, 0.15) is 12.4 Å². The van der Waals surface area contributed by atoms with Crippen molar-refractivity contribution < 1.29 is 4.74 Å². The van der Waals surface area contributed by atoms with Crippen LogP contribution in [0.3, 0.4) is 0 Å². The van der Waals surface area contributed by atoms with Crippen LogP contribution in [0.15, 0.2) is 24.3 Å². The van der Waals surface area contributed by atoms with E-state index in [0.717, 1.165) is 45.1 Å². The van der Waals surface area contributed by atoms with Crippen LogP contribution in [0.4, 0.5) is 0 Å². The standard InChI is InChI=1S/C17H29N3O/c1-17(2)14-20(10-9-19(17)4)11-12-21-16-7-5-15(6-8-16)13-18-3/h5-8,18H,9-14H2,1-4H3. The van der Waals surface area contributed by atoms with Crippen molar-refractivity contribution in [2.45, 2.75) is 25.9 Å². The Morgan fingerprint density at radius 2 is 1.90 bits per heavy atom. The topological polar surface area (TPSA) is 27.7 Å². The van der Waals surface area contributed by atoms with E-state index in [4.69, 9.17) is 4.74 Å². The zero-order chi connectivity index (χ0) is 15.3. The molecule has 0 saturated carbocycles. The molecule has 1 heterocycles. The molecule has 21 heavy (non-hydrogen) atoms. The molecule has 1 N–H and O–H groups in total. The van der Waals surface area contributed by atoms with Gasteiger partial charge in [0.15, 0.2) is 0 Å². The van der Waals surface area contributed by atoms with Gasteiger partial charge in [0.25, 0.3) is 0 Å². The number of likely N-dealkylation sites (N-methyl/N-ethyl adjacent to an activating group) is 1. The highest BCUT2D eigenvalue weighted by molar-refractivity contribution is 5.27. The second-order valence-electron chi connectivity index (χ2n) is 6.53. The molecular weight excluding hydrogens is 262 g/mol. The van der Waals surface area contributed by atoms with E-state index < -0.39 is 0 Å². The third kappa shape index (κ3) is 4.70. The SMILES string of the molecule is CNCc1ccc(OCCN2CCN(C)C(C)(C)C2)cc1. The van der Waals surface area contributed by atoms with Crippen molar-refractivity contribution in [3.8, 4) is 5.75 Å². The summed E-state index contributed by atoms with van der Waals surface area (Å²) < 4.78 is 5.86. The van der Waals surface area contributed by atoms with Gasteiger partial charge < -0.3 is 10.1 Å². The summed E-state index contributed by atoms with van der Waals surface area (Å²) in [5, 5.41) is 3.15. The molecule has 0 aliphatic carbocycles. The van der Waals surface area contributed by atoms with Crippen LogP contribution in [0.2, 0.25) is 0 Å². The van der Waals surface area contributed by atoms with E-state index in [-0.39, 0.29) is 5.54 Å². The third-order valence-electron chi connectivity index (χ3n) is 4.38. The quantitative estimate of drug-likeness (QED) is 0.865. The number of ether oxygens (including phenoxy) is 1. The van der Waals surface area contributed by atoms with Crippen molar-refractivity contribution in [1.29, 1.82) is 0 Å². The molecule has 0 radical (unpaired) electrons. The molecule has 1 aliphatic rings. The maximum Gasteiger partial charge on any atom is 0.119 e. The summed E-state index contributed by atoms with van der Waals surface area (Å²) in [4.78, 5) is 4.93. The maximum atomic E-state index is 5.86. The first-order valence-corrected chi connectivity index (χ1v) is 7.81. The molecule has 1 aromatic carbocycles. The molecule has 0 unspecified atom stereocenters. The Morgan fingerprint density at radius 1 is 1.19 bits per heavy atom. The van der Waals surface area contributed by atoms with Crippen LogP contribution in [0.25, 0.3) is 0 Å². The van der Waals surface area contributed by atoms with E-state index in [1.165, 1.54) is 5.56 Å². The smallest absolute Gasteiger partial charge is 0.119 e. The normalized spacial score (nSPS) is 19.6. The van der Waals surface area contributed by atoms with E-state index >= 15 is 0 Å². The molecule has 1 aliphatic heterocycles. The summed E-state index contributed by atoms with van der Waals surface area (Å²) in [6.07, 6.45) is 0. The van der Waals surface area contributed by atoms with Gasteiger partial charge in [-0.2, -0.15) is 0 Å². The lowest BCUT2D eigenvalue weighted by Crippen LogP contribution is -2.58. The van der Waals surface area contributed by atoms with E-state index in [0.29, 0.717) is 0 Å². The number of hydrogen-bond donors (Lipinski definition) is 1. The van der Waals surface area contributed by atoms with Gasteiger partial charge in [-0.3, -0.25) is 9.80 Å². The minimum Gasteiger partial charge on any atom is -0.492 e. The molecule has 1 saturated heterocycles. The fourth-order valence-electron chi connectivity index (χ4n) is 2.73. The number of piperazine rings is 1. The predicted molar refractivity (Wildman–Crippen MR) is 87.8 cm³/mol. The number of nitrogens with zero attached hydrogens (tertiary/aromatic N) is 2. The van der Waals surface area contributed by atoms with Crippen LogP contribution in [0.1, 0.15) is 19.4 Å². The average Bonchev–Trinajstić information content (AvgIpc) is 2.45. The summed E-state index contributed by atoms with van der Waals surface area (Å²) in [6, 6.07) is 8.34. The minimum atomic E-state index is 0.257. The van der Waals surface area contributed by atoms with Gasteiger partial charge >= 0.3 is 0 Å². The Morgan fingerprint density at radius 3 is 2.52 bits per heavy atom. The molecule has 0 amide bonds. The Labute approximate surface area is 129 Å². The molecule has 118 valence electrons. The maximum absolute atomic E-state index is 5.86. The summed E-state index contributed by atoms with van der Waals surface area (Å²) in [5.74, 6) is 0.961. The van der Waals surface area contributed by atoms with Crippen molar-refractivity contribution in [3.63, 3.8) is 0 Å². The molecule has 0 aromatic heterocycles. The zero-order valence-corrected chi connectivity index (χ0v) is 13.9. The van der Waals surface area contributed by atoms with Gasteiger partial charge in [-0.1, -0.05) is 12.1 Å². The zero-order valence-electron chi connectivity index (χ0n) is 13.9. The Balaban J connectivity index is 1.74. The Bertz CT molecular complexity index is 430. The Kier molecular flexibility index (Phi) is 5.62. The second-order valence-corrected chi connectivity index (χ2v) is 6.53. The third-order valence-corrected chi connectivity index (χ3v) is 4.38. The molecule has 0 atom stereocenters. The van der Waals surface area contributed by atoms with E-state index in [2.05, 4.69) is 60.3 Å². The number of benzene rings is 1. The van der Waals surface area contributed by atoms with E-state index in [1.54, 1.807) is 0 Å². The average molecular weight is 291 g/mol. The summed E-state index contributed by atoms with van der Waals surface area (Å²) in [7, 11) is 4.17. The van der Waals surface area contributed by atoms with Gasteiger partial charge in [0.2, 0.25) is 0 Å². The molecule has 2 rings (SSSR count). The first-order valence-electron chi connectivity index (χ1n) is 7.81. The minimum absolute atomic E-state index is 0.257. The predicted octanol–water partition coefficient (Wildman–Crippen LogP) is 1.81. The fraction of sp³-hybridized carbons (Fsp3) is 0.647. The van der Waals surface area contributed by atoms with Crippen molar-refractivity contribution in [2.75, 3.05) is 46.9 Å². The van der Waals surface area contributed by atoms with E-state index in [1.807, 2.05) is 7.05 Å². The van der Waals surface area contributed by atoms with Crippen molar-refractivity contribution in [1.82, 2.24) is 15.1 Å². The van der Waals surface area contributed by atoms with Crippen molar-refractivity contribution >= 4 is 0 Å². The number of rotatable bonds is 6. The highest BCUT2D eigenvalue weighted by Crippen LogP contribution is 2.18. The van der Waals surface area contributed by atoms with Crippen LogP contribution in [0, 0.1) is 0 Å². The lowest BCUT2D eigenvalue weighted by molar-refractivity contribution is 0.0338. The monoisotopic (exact) mass is 291 g/mol. The van der Waals surface area contributed by atoms with Crippen molar-refractivity contribution in [2.24, 2.45) is 0 Å². The van der Waals surface area contributed by atoms with Crippen LogP contribution in [0.5, 0.6) is 5.75 Å². The molecule has 4 nitrogen and oxygen atoms in total. The van der Waals surface area contributed by atoms with Gasteiger partial charge in [0.05, 0.1) is 0 Å². The van der Waals surface area contributed by atoms with Crippen LogP contribution in [-0.2, 0) is 6.54 Å². The summed E-state index contributed by atoms with van der Waals surface area (Å²) in [6.45, 7) is 10.6. The molecule has 4 heteroatoms. The van der Waals surface area contributed by atoms with Gasteiger partial charge in [-0.05, 0) is 45.6 Å². The molecule has 1 fully saturated rings. The molecule has 0 bridgehead atoms. The van der Waals surface area contributed by atoms with Crippen LogP contribution in [-0.4, -0.2) is 62.2 Å². The highest BCUT2D eigenvalue weighted by Gasteiger charge is 2.30. The molecule has 1 aromatic rings. The number of hydrogen-bond acceptors (Lipinski definition) is 4. The fourth-order valence-corrected chi connectivity index (χ4v) is 2.73. The largest absolute Gasteiger partial charge is 0.492 e. The molecular formula is C17H29N3O. The lowest BCUT2D eigenvalue weighted by Gasteiger charge is -2.45. The van der Waals surface area contributed by atoms with Gasteiger partial charge in [-0.25, -0.2) is 0 Å². The van der Waals surface area contributed by atoms with Crippen LogP contribution < -0.4 is 10.1 Å². The van der Waals surface area contributed by atoms with Crippen LogP contribution >= 0.6 is 0 Å². The lowest BCUT2D eigenvalue weighted by atomic mass is 10.00. The first kappa shape index (κ1) is 16.3. The van der Waals surface area contributed by atoms with E-state index in [9.17, 15) is 0 Å². The van der Waals surface area contributed by atoms with Gasteiger partial charge in [-0.15, -0.1) is 0 Å².